The first kappa shape index (κ1) is 13.3. The third kappa shape index (κ3) is 1.72. The number of ketones is 1. The molecule has 3 rings (SSSR count). The molecule has 0 aromatic heterocycles. The van der Waals surface area contributed by atoms with Gasteiger partial charge in [-0.25, -0.2) is 4.79 Å². The Morgan fingerprint density at radius 2 is 2.00 bits per heavy atom. The number of alkyl halides is 3. The zero-order chi connectivity index (χ0) is 13.6. The minimum atomic E-state index is -4.60. The van der Waals surface area contributed by atoms with Gasteiger partial charge in [0, 0.05) is 13.1 Å². The standard InChI is InChI=1S/C11H14F3NO3/c1-2-18-9(17)7-8(16)10(11(12,13)14)3-5-15(7)6-4-10/h7H,2-6H2,1H3. The second-order valence-corrected chi connectivity index (χ2v) is 4.63. The quantitative estimate of drug-likeness (QED) is 0.555. The number of hydrogen-bond donors (Lipinski definition) is 0. The van der Waals surface area contributed by atoms with Crippen LogP contribution in [0.2, 0.25) is 0 Å². The van der Waals surface area contributed by atoms with Gasteiger partial charge < -0.3 is 4.74 Å². The van der Waals surface area contributed by atoms with Crippen LogP contribution < -0.4 is 0 Å². The van der Waals surface area contributed by atoms with Crippen LogP contribution in [0.5, 0.6) is 0 Å². The number of carbonyl (C=O) groups excluding carboxylic acids is 2. The van der Waals surface area contributed by atoms with E-state index in [-0.39, 0.29) is 32.5 Å². The molecular formula is C11H14F3NO3. The van der Waals surface area contributed by atoms with Crippen LogP contribution in [-0.4, -0.2) is 48.6 Å². The summed E-state index contributed by atoms with van der Waals surface area (Å²) >= 11 is 0. The Morgan fingerprint density at radius 3 is 2.44 bits per heavy atom. The Morgan fingerprint density at radius 1 is 1.44 bits per heavy atom. The highest BCUT2D eigenvalue weighted by Crippen LogP contribution is 2.51. The summed E-state index contributed by atoms with van der Waals surface area (Å²) in [6.45, 7) is 1.82. The first-order valence-electron chi connectivity index (χ1n) is 5.85. The second kappa shape index (κ2) is 4.22. The zero-order valence-corrected chi connectivity index (χ0v) is 9.92. The molecule has 0 aromatic rings. The highest BCUT2D eigenvalue weighted by atomic mass is 19.4. The van der Waals surface area contributed by atoms with Gasteiger partial charge in [-0.1, -0.05) is 0 Å². The molecule has 18 heavy (non-hydrogen) atoms. The van der Waals surface area contributed by atoms with Gasteiger partial charge in [-0.15, -0.1) is 0 Å². The van der Waals surface area contributed by atoms with E-state index in [0.29, 0.717) is 0 Å². The maximum atomic E-state index is 13.1. The van der Waals surface area contributed by atoms with E-state index in [1.54, 1.807) is 6.92 Å². The molecule has 0 radical (unpaired) electrons. The van der Waals surface area contributed by atoms with Crippen molar-refractivity contribution in [2.45, 2.75) is 32.0 Å². The zero-order valence-electron chi connectivity index (χ0n) is 9.92. The molecule has 7 heteroatoms. The molecule has 0 N–H and O–H groups in total. The van der Waals surface area contributed by atoms with Crippen molar-refractivity contribution in [3.63, 3.8) is 0 Å². The maximum absolute atomic E-state index is 13.1. The monoisotopic (exact) mass is 265 g/mol. The lowest BCUT2D eigenvalue weighted by Gasteiger charge is -2.50. The number of carbonyl (C=O) groups is 2. The largest absolute Gasteiger partial charge is 0.464 e. The number of halogens is 3. The van der Waals surface area contributed by atoms with Crippen molar-refractivity contribution in [2.24, 2.45) is 5.41 Å². The number of ether oxygens (including phenoxy) is 1. The molecule has 0 amide bonds. The number of esters is 1. The van der Waals surface area contributed by atoms with E-state index in [1.807, 2.05) is 0 Å². The van der Waals surface area contributed by atoms with Crippen molar-refractivity contribution < 1.29 is 27.5 Å². The van der Waals surface area contributed by atoms with Crippen LogP contribution in [-0.2, 0) is 14.3 Å². The van der Waals surface area contributed by atoms with Gasteiger partial charge in [0.05, 0.1) is 6.61 Å². The fourth-order valence-corrected chi connectivity index (χ4v) is 2.74. The van der Waals surface area contributed by atoms with Crippen molar-refractivity contribution in [3.05, 3.63) is 0 Å². The summed E-state index contributed by atoms with van der Waals surface area (Å²) in [7, 11) is 0. The van der Waals surface area contributed by atoms with E-state index in [0.717, 1.165) is 0 Å². The fourth-order valence-electron chi connectivity index (χ4n) is 2.74. The molecule has 102 valence electrons. The van der Waals surface area contributed by atoms with Gasteiger partial charge in [-0.05, 0) is 19.8 Å². The highest BCUT2D eigenvalue weighted by molar-refractivity contribution is 6.07. The number of Topliss-reactive ketones (excluding diaryl/α,β-unsaturated/α-hetero) is 1. The normalized spacial score (nSPS) is 35.7. The molecule has 0 spiro atoms. The first-order valence-corrected chi connectivity index (χ1v) is 5.85. The Labute approximate surface area is 102 Å². The average Bonchev–Trinajstić information content (AvgIpc) is 2.29. The van der Waals surface area contributed by atoms with Gasteiger partial charge in [-0.2, -0.15) is 13.2 Å². The molecule has 0 aliphatic carbocycles. The number of nitrogens with zero attached hydrogens (tertiary/aromatic N) is 1. The van der Waals surface area contributed by atoms with Crippen molar-refractivity contribution in [1.29, 1.82) is 0 Å². The fraction of sp³-hybridized carbons (Fsp3) is 0.818. The highest BCUT2D eigenvalue weighted by Gasteiger charge is 2.67. The van der Waals surface area contributed by atoms with Crippen molar-refractivity contribution >= 4 is 11.8 Å². The van der Waals surface area contributed by atoms with Gasteiger partial charge in [-0.3, -0.25) is 9.69 Å². The maximum Gasteiger partial charge on any atom is 0.401 e. The van der Waals surface area contributed by atoms with Gasteiger partial charge >= 0.3 is 12.1 Å². The molecule has 3 heterocycles. The smallest absolute Gasteiger partial charge is 0.401 e. The SMILES string of the molecule is CCOC(=O)C1C(=O)C2(C(F)(F)F)CCN1CC2. The predicted molar refractivity (Wildman–Crippen MR) is 54.7 cm³/mol. The Hall–Kier alpha value is -1.11. The molecule has 3 fully saturated rings. The van der Waals surface area contributed by atoms with E-state index in [2.05, 4.69) is 0 Å². The lowest BCUT2D eigenvalue weighted by molar-refractivity contribution is -0.246. The van der Waals surface area contributed by atoms with Crippen LogP contribution in [0.3, 0.4) is 0 Å². The lowest BCUT2D eigenvalue weighted by Crippen LogP contribution is -2.68. The van der Waals surface area contributed by atoms with E-state index in [9.17, 15) is 22.8 Å². The first-order chi connectivity index (χ1) is 8.33. The number of rotatable bonds is 2. The average molecular weight is 265 g/mol. The van der Waals surface area contributed by atoms with Crippen LogP contribution in [0.1, 0.15) is 19.8 Å². The van der Waals surface area contributed by atoms with Crippen LogP contribution in [0, 0.1) is 5.41 Å². The Balaban J connectivity index is 2.31. The summed E-state index contributed by atoms with van der Waals surface area (Å²) in [5.41, 5.74) is -2.35. The minimum Gasteiger partial charge on any atom is -0.464 e. The summed E-state index contributed by atoms with van der Waals surface area (Å²) in [5, 5.41) is 0. The van der Waals surface area contributed by atoms with Crippen LogP contribution in [0.4, 0.5) is 13.2 Å². The molecule has 0 aromatic carbocycles. The van der Waals surface area contributed by atoms with E-state index < -0.39 is 29.4 Å². The molecule has 1 unspecified atom stereocenters. The van der Waals surface area contributed by atoms with Crippen LogP contribution in [0.25, 0.3) is 0 Å². The summed E-state index contributed by atoms with van der Waals surface area (Å²) in [6.07, 6.45) is -5.11. The van der Waals surface area contributed by atoms with Gasteiger partial charge in [0.25, 0.3) is 0 Å². The van der Waals surface area contributed by atoms with Crippen LogP contribution >= 0.6 is 0 Å². The summed E-state index contributed by atoms with van der Waals surface area (Å²) in [6, 6.07) is -1.38. The van der Waals surface area contributed by atoms with Crippen molar-refractivity contribution in [3.8, 4) is 0 Å². The van der Waals surface area contributed by atoms with Gasteiger partial charge in [0.15, 0.2) is 11.8 Å². The molecule has 4 nitrogen and oxygen atoms in total. The molecule has 3 saturated heterocycles. The topological polar surface area (TPSA) is 46.6 Å². The van der Waals surface area contributed by atoms with Crippen molar-refractivity contribution in [2.75, 3.05) is 19.7 Å². The third-order valence-corrected chi connectivity index (χ3v) is 3.79. The summed E-state index contributed by atoms with van der Waals surface area (Å²) in [4.78, 5) is 25.1. The molecule has 0 saturated carbocycles. The van der Waals surface area contributed by atoms with E-state index >= 15 is 0 Å². The summed E-state index contributed by atoms with van der Waals surface area (Å²) in [5.74, 6) is -1.92. The molecule has 1 atom stereocenters. The Bertz CT molecular complexity index is 372. The summed E-state index contributed by atoms with van der Waals surface area (Å²) < 4.78 is 44.0. The van der Waals surface area contributed by atoms with Gasteiger partial charge in [0.2, 0.25) is 0 Å². The Kier molecular flexibility index (Phi) is 3.12. The van der Waals surface area contributed by atoms with E-state index in [4.69, 9.17) is 4.74 Å². The van der Waals surface area contributed by atoms with Crippen molar-refractivity contribution in [1.82, 2.24) is 4.90 Å². The minimum absolute atomic E-state index is 0.0511. The van der Waals surface area contributed by atoms with Crippen LogP contribution in [0.15, 0.2) is 0 Å². The number of fused-ring (bicyclic) bond motifs is 3. The molecule has 3 aliphatic rings. The van der Waals surface area contributed by atoms with E-state index in [1.165, 1.54) is 4.90 Å². The van der Waals surface area contributed by atoms with Gasteiger partial charge in [0.1, 0.15) is 5.41 Å². The lowest BCUT2D eigenvalue weighted by atomic mass is 9.67. The number of piperidine rings is 3. The predicted octanol–water partition coefficient (Wildman–Crippen LogP) is 1.15. The second-order valence-electron chi connectivity index (χ2n) is 4.63. The molecule has 3 aliphatic heterocycles. The third-order valence-electron chi connectivity index (χ3n) is 3.79. The molecular weight excluding hydrogens is 251 g/mol. The number of hydrogen-bond acceptors (Lipinski definition) is 4. The molecule has 2 bridgehead atoms.